The summed E-state index contributed by atoms with van der Waals surface area (Å²) in [6.45, 7) is 4.29. The average Bonchev–Trinajstić information content (AvgIpc) is 2.72. The Kier molecular flexibility index (Phi) is 4.96. The van der Waals surface area contributed by atoms with Gasteiger partial charge in [-0.1, -0.05) is 91.0 Å². The molecule has 0 nitrogen and oxygen atoms in total. The minimum atomic E-state index is 1.16. The van der Waals surface area contributed by atoms with Crippen molar-refractivity contribution in [3.63, 3.8) is 0 Å². The largest absolute Gasteiger partial charge is 0.0870 e. The molecule has 0 radical (unpaired) electrons. The van der Waals surface area contributed by atoms with E-state index in [1.54, 1.807) is 0 Å². The lowest BCUT2D eigenvalue weighted by Gasteiger charge is -2.19. The van der Waals surface area contributed by atoms with Gasteiger partial charge in [-0.3, -0.25) is 0 Å². The second-order valence-electron chi connectivity index (χ2n) is 6.68. The van der Waals surface area contributed by atoms with E-state index in [-0.39, 0.29) is 0 Å². The number of fused-ring (bicyclic) bond motifs is 1. The van der Waals surface area contributed by atoms with Gasteiger partial charge in [-0.15, -0.1) is 0 Å². The summed E-state index contributed by atoms with van der Waals surface area (Å²) in [4.78, 5) is 0. The lowest BCUT2D eigenvalue weighted by Crippen LogP contribution is -1.95. The van der Waals surface area contributed by atoms with Gasteiger partial charge in [-0.25, -0.2) is 0 Å². The van der Waals surface area contributed by atoms with E-state index in [2.05, 4.69) is 121 Å². The smallest absolute Gasteiger partial charge is 0.0329 e. The van der Waals surface area contributed by atoms with Crippen molar-refractivity contribution < 1.29 is 0 Å². The molecule has 0 aromatic heterocycles. The normalized spacial score (nSPS) is 11.4. The fraction of sp³-hybridized carbons (Fsp3) is 0.0769. The summed E-state index contributed by atoms with van der Waals surface area (Å²) >= 11 is 3.85. The quantitative estimate of drug-likeness (QED) is 0.317. The van der Waals surface area contributed by atoms with Crippen molar-refractivity contribution in [3.05, 3.63) is 101 Å². The monoisotopic (exact) mass is 412 g/mol. The van der Waals surface area contributed by atoms with E-state index in [1.165, 1.54) is 44.2 Å². The Morgan fingerprint density at radius 2 is 1.30 bits per heavy atom. The van der Waals surface area contributed by atoms with Crippen LogP contribution in [0.2, 0.25) is 0 Å². The Hall–Kier alpha value is -2.64. The van der Waals surface area contributed by atoms with E-state index in [9.17, 15) is 0 Å². The molecule has 0 aliphatic heterocycles. The Balaban J connectivity index is 2.13. The maximum Gasteiger partial charge on any atom is 0.0329 e. The number of hydrogen-bond donors (Lipinski definition) is 0. The zero-order valence-corrected chi connectivity index (χ0v) is 17.1. The van der Waals surface area contributed by atoms with Crippen molar-refractivity contribution >= 4 is 32.8 Å². The van der Waals surface area contributed by atoms with Crippen LogP contribution in [0.25, 0.3) is 39.1 Å². The second kappa shape index (κ2) is 7.54. The summed E-state index contributed by atoms with van der Waals surface area (Å²) in [6, 6.07) is 28.0. The van der Waals surface area contributed by atoms with E-state index in [4.69, 9.17) is 0 Å². The van der Waals surface area contributed by atoms with Crippen LogP contribution in [0.3, 0.4) is 0 Å². The molecule has 0 unspecified atom stereocenters. The summed E-state index contributed by atoms with van der Waals surface area (Å²) < 4.78 is 1.16. The van der Waals surface area contributed by atoms with Crippen LogP contribution in [-0.4, -0.2) is 0 Å². The molecule has 132 valence electrons. The van der Waals surface area contributed by atoms with Gasteiger partial charge in [0.25, 0.3) is 0 Å². The van der Waals surface area contributed by atoms with Crippen LogP contribution in [0.1, 0.15) is 18.1 Å². The summed E-state index contributed by atoms with van der Waals surface area (Å²) in [5.74, 6) is 0. The lowest BCUT2D eigenvalue weighted by atomic mass is 9.86. The number of hydrogen-bond acceptors (Lipinski definition) is 0. The molecule has 0 aliphatic carbocycles. The maximum absolute atomic E-state index is 3.85. The predicted octanol–water partition coefficient (Wildman–Crippen LogP) is 8.28. The first-order valence-electron chi connectivity index (χ1n) is 9.20. The van der Waals surface area contributed by atoms with Crippen molar-refractivity contribution in [1.82, 2.24) is 0 Å². The molecular formula is C26H21Br. The van der Waals surface area contributed by atoms with Gasteiger partial charge in [-0.2, -0.15) is 0 Å². The van der Waals surface area contributed by atoms with E-state index in [1.807, 2.05) is 0 Å². The highest BCUT2D eigenvalue weighted by Gasteiger charge is 2.17. The number of halogens is 1. The molecule has 0 amide bonds. The van der Waals surface area contributed by atoms with Crippen LogP contribution in [-0.2, 0) is 0 Å². The highest BCUT2D eigenvalue weighted by Crippen LogP contribution is 2.43. The van der Waals surface area contributed by atoms with Crippen molar-refractivity contribution in [2.45, 2.75) is 13.8 Å². The van der Waals surface area contributed by atoms with Gasteiger partial charge in [0, 0.05) is 4.47 Å². The highest BCUT2D eigenvalue weighted by atomic mass is 79.9. The Morgan fingerprint density at radius 1 is 0.704 bits per heavy atom. The van der Waals surface area contributed by atoms with E-state index in [0.717, 1.165) is 4.47 Å². The maximum atomic E-state index is 3.85. The minimum absolute atomic E-state index is 1.16. The molecule has 27 heavy (non-hydrogen) atoms. The fourth-order valence-corrected chi connectivity index (χ4v) is 4.60. The third-order valence-corrected chi connectivity index (χ3v) is 5.92. The van der Waals surface area contributed by atoms with Crippen LogP contribution < -0.4 is 0 Å². The summed E-state index contributed by atoms with van der Waals surface area (Å²) in [6.07, 6.45) is 4.30. The number of allylic oxidation sites excluding steroid dienone is 1. The molecule has 0 saturated heterocycles. The summed E-state index contributed by atoms with van der Waals surface area (Å²) in [7, 11) is 0. The molecule has 4 aromatic carbocycles. The van der Waals surface area contributed by atoms with Crippen molar-refractivity contribution in [2.75, 3.05) is 0 Å². The zero-order valence-electron chi connectivity index (χ0n) is 15.5. The van der Waals surface area contributed by atoms with Crippen molar-refractivity contribution in [1.29, 1.82) is 0 Å². The molecule has 0 bridgehead atoms. The van der Waals surface area contributed by atoms with E-state index in [0.29, 0.717) is 0 Å². The molecule has 0 heterocycles. The molecule has 0 N–H and O–H groups in total. The van der Waals surface area contributed by atoms with Gasteiger partial charge in [0.1, 0.15) is 0 Å². The van der Waals surface area contributed by atoms with Crippen molar-refractivity contribution in [2.24, 2.45) is 0 Å². The highest BCUT2D eigenvalue weighted by molar-refractivity contribution is 9.10. The van der Waals surface area contributed by atoms with Gasteiger partial charge in [0.2, 0.25) is 0 Å². The van der Waals surface area contributed by atoms with Crippen LogP contribution in [0.5, 0.6) is 0 Å². The predicted molar refractivity (Wildman–Crippen MR) is 122 cm³/mol. The molecule has 0 saturated carbocycles. The first-order valence-corrected chi connectivity index (χ1v) is 10.00. The average molecular weight is 413 g/mol. The molecule has 0 aliphatic rings. The molecule has 4 aromatic rings. The first kappa shape index (κ1) is 17.8. The van der Waals surface area contributed by atoms with Crippen LogP contribution in [0.15, 0.2) is 89.4 Å². The van der Waals surface area contributed by atoms with Crippen molar-refractivity contribution in [3.8, 4) is 22.3 Å². The van der Waals surface area contributed by atoms with E-state index < -0.39 is 0 Å². The second-order valence-corrected chi connectivity index (χ2v) is 7.48. The molecule has 1 heteroatoms. The Morgan fingerprint density at radius 3 is 2.00 bits per heavy atom. The SMILES string of the molecule is C/C=C\c1c(C)c(-c2ccccc2-c2ccccc2)c2ccccc2c1Br. The topological polar surface area (TPSA) is 0 Å². The summed E-state index contributed by atoms with van der Waals surface area (Å²) in [5, 5.41) is 2.52. The van der Waals surface area contributed by atoms with E-state index >= 15 is 0 Å². The van der Waals surface area contributed by atoms with Gasteiger partial charge in [-0.05, 0) is 73.9 Å². The molecule has 0 atom stereocenters. The van der Waals surface area contributed by atoms with Gasteiger partial charge in [0.05, 0.1) is 0 Å². The summed E-state index contributed by atoms with van der Waals surface area (Å²) in [5.41, 5.74) is 7.63. The van der Waals surface area contributed by atoms with Crippen LogP contribution in [0.4, 0.5) is 0 Å². The van der Waals surface area contributed by atoms with Gasteiger partial charge < -0.3 is 0 Å². The lowest BCUT2D eigenvalue weighted by molar-refractivity contribution is 1.44. The Labute approximate surface area is 169 Å². The standard InChI is InChI=1S/C26H21Br/c1-3-11-20-18(2)25(23-16-9-10-17-24(23)26(20)27)22-15-8-7-14-21(22)19-12-5-4-6-13-19/h3-17H,1-2H3/b11-3-. The molecule has 0 spiro atoms. The molecule has 0 fully saturated rings. The van der Waals surface area contributed by atoms with Gasteiger partial charge >= 0.3 is 0 Å². The van der Waals surface area contributed by atoms with Crippen LogP contribution >= 0.6 is 15.9 Å². The third-order valence-electron chi connectivity index (χ3n) is 5.06. The first-order chi connectivity index (χ1) is 13.2. The third kappa shape index (κ3) is 3.13. The van der Waals surface area contributed by atoms with Crippen LogP contribution in [0, 0.1) is 6.92 Å². The fourth-order valence-electron chi connectivity index (χ4n) is 3.82. The zero-order chi connectivity index (χ0) is 18.8. The number of rotatable bonds is 3. The molecule has 4 rings (SSSR count). The number of benzene rings is 4. The molecular weight excluding hydrogens is 392 g/mol. The van der Waals surface area contributed by atoms with Gasteiger partial charge in [0.15, 0.2) is 0 Å². The Bertz CT molecular complexity index is 1140. The minimum Gasteiger partial charge on any atom is -0.0870 e.